The van der Waals surface area contributed by atoms with Crippen LogP contribution in [0.15, 0.2) is 30.3 Å². The first-order chi connectivity index (χ1) is 15.6. The van der Waals surface area contributed by atoms with Gasteiger partial charge in [0.05, 0.1) is 45.9 Å². The first kappa shape index (κ1) is 26.7. The van der Waals surface area contributed by atoms with E-state index in [1.54, 1.807) is 12.1 Å². The Morgan fingerprint density at radius 1 is 0.971 bits per heavy atom. The van der Waals surface area contributed by atoms with Gasteiger partial charge in [-0.05, 0) is 14.1 Å². The number of methoxy groups -OCH3 is 2. The van der Waals surface area contributed by atoms with Gasteiger partial charge in [-0.1, -0.05) is 11.3 Å². The van der Waals surface area contributed by atoms with Crippen molar-refractivity contribution in [2.24, 2.45) is 0 Å². The van der Waals surface area contributed by atoms with E-state index in [0.29, 0.717) is 28.7 Å². The molecule has 0 aliphatic carbocycles. The fraction of sp³-hybridized carbons (Fsp3) is 0.300. The van der Waals surface area contributed by atoms with Crippen molar-refractivity contribution < 1.29 is 24.1 Å². The summed E-state index contributed by atoms with van der Waals surface area (Å²) in [7, 11) is 6.66. The standard InChI is InChI=1S/C20H21N5O7S.ClH/c1-22(2)5-6-23(19(26)12-7-13(24(27)28)9-14(8-12)25(29)30)20-21-15-10-16(31-3)17(32-4)11-18(15)33-20;/h7-11H,5-6H2,1-4H3;1H. The molecule has 182 valence electrons. The Balaban J connectivity index is 0.00000408. The minimum absolute atomic E-state index is 0. The molecule has 0 unspecified atom stereocenters. The Morgan fingerprint density at radius 2 is 1.53 bits per heavy atom. The summed E-state index contributed by atoms with van der Waals surface area (Å²) in [4.78, 5) is 42.1. The minimum Gasteiger partial charge on any atom is -0.493 e. The van der Waals surface area contributed by atoms with Gasteiger partial charge in [0, 0.05) is 37.4 Å². The number of carbonyl (C=O) groups is 1. The smallest absolute Gasteiger partial charge is 0.277 e. The van der Waals surface area contributed by atoms with Crippen molar-refractivity contribution in [1.29, 1.82) is 0 Å². The largest absolute Gasteiger partial charge is 0.493 e. The van der Waals surface area contributed by atoms with E-state index in [1.165, 1.54) is 30.5 Å². The lowest BCUT2D eigenvalue weighted by Gasteiger charge is -2.22. The summed E-state index contributed by atoms with van der Waals surface area (Å²) >= 11 is 1.22. The second-order valence-electron chi connectivity index (χ2n) is 7.18. The molecule has 0 aliphatic heterocycles. The Bertz CT molecular complexity index is 1160. The van der Waals surface area contributed by atoms with Crippen molar-refractivity contribution in [3.8, 4) is 11.5 Å². The number of nitro benzene ring substituents is 2. The molecule has 12 nitrogen and oxygen atoms in total. The van der Waals surface area contributed by atoms with Crippen LogP contribution in [0.3, 0.4) is 0 Å². The van der Waals surface area contributed by atoms with Crippen molar-refractivity contribution in [2.45, 2.75) is 0 Å². The van der Waals surface area contributed by atoms with Gasteiger partial charge >= 0.3 is 0 Å². The molecule has 0 N–H and O–H groups in total. The van der Waals surface area contributed by atoms with Gasteiger partial charge in [0.15, 0.2) is 16.6 Å². The van der Waals surface area contributed by atoms with E-state index in [1.807, 2.05) is 19.0 Å². The molecule has 0 saturated heterocycles. The van der Waals surface area contributed by atoms with E-state index in [-0.39, 0.29) is 24.5 Å². The zero-order valence-electron chi connectivity index (χ0n) is 18.7. The number of nitrogens with zero attached hydrogens (tertiary/aromatic N) is 5. The average Bonchev–Trinajstić information content (AvgIpc) is 3.19. The highest BCUT2D eigenvalue weighted by molar-refractivity contribution is 7.22. The molecule has 2 aromatic carbocycles. The lowest BCUT2D eigenvalue weighted by molar-refractivity contribution is -0.394. The van der Waals surface area contributed by atoms with E-state index >= 15 is 0 Å². The molecule has 0 fully saturated rings. The molecule has 1 heterocycles. The van der Waals surface area contributed by atoms with Crippen LogP contribution in [0.4, 0.5) is 16.5 Å². The number of nitro groups is 2. The second-order valence-corrected chi connectivity index (χ2v) is 8.19. The van der Waals surface area contributed by atoms with Crippen LogP contribution >= 0.6 is 23.7 Å². The number of thiazole rings is 1. The highest BCUT2D eigenvalue weighted by atomic mass is 35.5. The van der Waals surface area contributed by atoms with Crippen molar-refractivity contribution >= 4 is 56.4 Å². The van der Waals surface area contributed by atoms with Crippen LogP contribution < -0.4 is 14.4 Å². The number of anilines is 1. The maximum absolute atomic E-state index is 13.4. The number of halogens is 1. The number of fused-ring (bicyclic) bond motifs is 1. The van der Waals surface area contributed by atoms with E-state index in [4.69, 9.17) is 9.47 Å². The van der Waals surface area contributed by atoms with Crippen LogP contribution in [0.1, 0.15) is 10.4 Å². The fourth-order valence-electron chi connectivity index (χ4n) is 3.03. The summed E-state index contributed by atoms with van der Waals surface area (Å²) < 4.78 is 11.4. The van der Waals surface area contributed by atoms with Crippen molar-refractivity contribution in [3.05, 3.63) is 56.1 Å². The maximum Gasteiger partial charge on any atom is 0.277 e. The van der Waals surface area contributed by atoms with Gasteiger partial charge in [-0.2, -0.15) is 0 Å². The fourth-order valence-corrected chi connectivity index (χ4v) is 4.03. The van der Waals surface area contributed by atoms with Crippen molar-refractivity contribution in [3.63, 3.8) is 0 Å². The molecule has 1 amide bonds. The number of amides is 1. The van der Waals surface area contributed by atoms with Gasteiger partial charge in [-0.3, -0.25) is 29.9 Å². The monoisotopic (exact) mass is 511 g/mol. The van der Waals surface area contributed by atoms with Crippen LogP contribution in [0.2, 0.25) is 0 Å². The number of rotatable bonds is 9. The number of ether oxygens (including phenoxy) is 2. The highest BCUT2D eigenvalue weighted by Crippen LogP contribution is 2.37. The molecule has 0 aliphatic rings. The molecule has 0 bridgehead atoms. The quantitative estimate of drug-likeness (QED) is 0.310. The maximum atomic E-state index is 13.4. The number of carbonyl (C=O) groups excluding carboxylic acids is 1. The summed E-state index contributed by atoms with van der Waals surface area (Å²) in [6.07, 6.45) is 0. The molecule has 3 rings (SSSR count). The summed E-state index contributed by atoms with van der Waals surface area (Å²) in [5, 5.41) is 22.9. The third-order valence-electron chi connectivity index (χ3n) is 4.70. The van der Waals surface area contributed by atoms with Gasteiger partial charge < -0.3 is 14.4 Å². The van der Waals surface area contributed by atoms with Crippen LogP contribution in [0, 0.1) is 20.2 Å². The molecule has 0 radical (unpaired) electrons. The molecule has 0 atom stereocenters. The predicted molar refractivity (Wildman–Crippen MR) is 130 cm³/mol. The van der Waals surface area contributed by atoms with E-state index in [2.05, 4.69) is 4.98 Å². The minimum atomic E-state index is -0.774. The average molecular weight is 512 g/mol. The third kappa shape index (κ3) is 5.68. The third-order valence-corrected chi connectivity index (χ3v) is 5.74. The first-order valence-electron chi connectivity index (χ1n) is 9.57. The summed E-state index contributed by atoms with van der Waals surface area (Å²) in [6.45, 7) is 0.668. The number of hydrogen-bond donors (Lipinski definition) is 0. The zero-order chi connectivity index (χ0) is 24.3. The summed E-state index contributed by atoms with van der Waals surface area (Å²) in [5.74, 6) is 0.338. The molecular formula is C20H22ClN5O7S. The van der Waals surface area contributed by atoms with Gasteiger partial charge in [0.2, 0.25) is 0 Å². The number of likely N-dealkylation sites (N-methyl/N-ethyl adjacent to an activating group) is 1. The number of non-ortho nitro benzene ring substituents is 2. The Kier molecular flexibility index (Phi) is 8.68. The molecule has 1 aromatic heterocycles. The molecule has 34 heavy (non-hydrogen) atoms. The van der Waals surface area contributed by atoms with Gasteiger partial charge in [-0.25, -0.2) is 4.98 Å². The Labute approximate surface area is 204 Å². The van der Waals surface area contributed by atoms with E-state index in [9.17, 15) is 25.0 Å². The highest BCUT2D eigenvalue weighted by Gasteiger charge is 2.26. The van der Waals surface area contributed by atoms with Crippen LogP contribution in [0.5, 0.6) is 11.5 Å². The van der Waals surface area contributed by atoms with Gasteiger partial charge in [0.1, 0.15) is 0 Å². The SMILES string of the molecule is COc1cc2nc(N(CCN(C)C)C(=O)c3cc([N+](=O)[O-])cc([N+](=O)[O-])c3)sc2cc1OC.Cl. The molecule has 14 heteroatoms. The van der Waals surface area contributed by atoms with Crippen LogP contribution in [0.25, 0.3) is 10.2 Å². The number of aromatic nitrogens is 1. The Hall–Kier alpha value is -3.55. The molecule has 3 aromatic rings. The van der Waals surface area contributed by atoms with E-state index in [0.717, 1.165) is 22.9 Å². The lowest BCUT2D eigenvalue weighted by Crippen LogP contribution is -2.36. The van der Waals surface area contributed by atoms with Crippen LogP contribution in [-0.2, 0) is 0 Å². The van der Waals surface area contributed by atoms with E-state index < -0.39 is 27.1 Å². The lowest BCUT2D eigenvalue weighted by atomic mass is 10.1. The Morgan fingerprint density at radius 3 is 2.03 bits per heavy atom. The second kappa shape index (κ2) is 11.0. The molecule has 0 saturated carbocycles. The van der Waals surface area contributed by atoms with Crippen molar-refractivity contribution in [1.82, 2.24) is 9.88 Å². The first-order valence-corrected chi connectivity index (χ1v) is 10.4. The van der Waals surface area contributed by atoms with Crippen LogP contribution in [-0.4, -0.2) is 67.0 Å². The molecular weight excluding hydrogens is 490 g/mol. The normalized spacial score (nSPS) is 10.6. The van der Waals surface area contributed by atoms with Gasteiger partial charge in [-0.15, -0.1) is 12.4 Å². The molecule has 0 spiro atoms. The number of hydrogen-bond acceptors (Lipinski definition) is 10. The number of benzene rings is 2. The van der Waals surface area contributed by atoms with Gasteiger partial charge in [0.25, 0.3) is 17.3 Å². The van der Waals surface area contributed by atoms with Crippen molar-refractivity contribution in [2.75, 3.05) is 46.3 Å². The summed E-state index contributed by atoms with van der Waals surface area (Å²) in [6, 6.07) is 6.29. The predicted octanol–water partition coefficient (Wildman–Crippen LogP) is 3.76. The topological polar surface area (TPSA) is 141 Å². The summed E-state index contributed by atoms with van der Waals surface area (Å²) in [5.41, 5.74) is -0.692. The zero-order valence-corrected chi connectivity index (χ0v) is 20.3.